The number of nitrogens with one attached hydrogen (secondary N) is 1. The third-order valence-corrected chi connectivity index (χ3v) is 3.82. The number of anilines is 2. The van der Waals surface area contributed by atoms with Gasteiger partial charge in [0, 0.05) is 17.3 Å². The monoisotopic (exact) mass is 286 g/mol. The first-order valence-corrected chi connectivity index (χ1v) is 6.56. The highest BCUT2D eigenvalue weighted by molar-refractivity contribution is 5.93. The van der Waals surface area contributed by atoms with E-state index in [4.69, 9.17) is 5.73 Å². The molecule has 1 saturated carbocycles. The Morgan fingerprint density at radius 3 is 2.60 bits per heavy atom. The van der Waals surface area contributed by atoms with E-state index in [1.165, 1.54) is 6.07 Å². The summed E-state index contributed by atoms with van der Waals surface area (Å²) in [5, 5.41) is 2.56. The Balaban J connectivity index is 2.16. The van der Waals surface area contributed by atoms with Crippen molar-refractivity contribution < 1.29 is 18.0 Å². The minimum Gasteiger partial charge on any atom is -0.398 e. The fraction of sp³-hybridized carbons (Fsp3) is 0.500. The van der Waals surface area contributed by atoms with Crippen LogP contribution in [-0.2, 0) is 11.0 Å². The van der Waals surface area contributed by atoms with Crippen molar-refractivity contribution in [1.82, 2.24) is 0 Å². The van der Waals surface area contributed by atoms with Crippen molar-refractivity contribution in [3.8, 4) is 0 Å². The average molecular weight is 286 g/mol. The molecule has 3 nitrogen and oxygen atoms in total. The maximum Gasteiger partial charge on any atom is 0.418 e. The van der Waals surface area contributed by atoms with Crippen molar-refractivity contribution in [3.63, 3.8) is 0 Å². The van der Waals surface area contributed by atoms with Crippen LogP contribution < -0.4 is 11.1 Å². The molecule has 0 radical (unpaired) electrons. The highest BCUT2D eigenvalue weighted by Gasteiger charge is 2.34. The molecule has 0 aliphatic heterocycles. The topological polar surface area (TPSA) is 55.1 Å². The van der Waals surface area contributed by atoms with Crippen molar-refractivity contribution in [3.05, 3.63) is 23.8 Å². The average Bonchev–Trinajstić information content (AvgIpc) is 2.76. The summed E-state index contributed by atoms with van der Waals surface area (Å²) in [4.78, 5) is 12.0. The number of amides is 1. The first-order valence-electron chi connectivity index (χ1n) is 6.56. The van der Waals surface area contributed by atoms with Gasteiger partial charge < -0.3 is 11.1 Å². The van der Waals surface area contributed by atoms with Gasteiger partial charge in [-0.2, -0.15) is 13.2 Å². The van der Waals surface area contributed by atoms with Crippen molar-refractivity contribution >= 4 is 17.3 Å². The first-order chi connectivity index (χ1) is 9.29. The van der Waals surface area contributed by atoms with Gasteiger partial charge in [-0.1, -0.05) is 13.3 Å². The number of hydrogen-bond acceptors (Lipinski definition) is 2. The zero-order valence-corrected chi connectivity index (χ0v) is 11.1. The number of carbonyl (C=O) groups excluding carboxylic acids is 1. The SMILES string of the molecule is CC1CCCC1C(=O)Nc1ccc(N)c(C(F)(F)F)c1. The van der Waals surface area contributed by atoms with E-state index in [0.29, 0.717) is 0 Å². The zero-order valence-electron chi connectivity index (χ0n) is 11.1. The van der Waals surface area contributed by atoms with Crippen LogP contribution in [0, 0.1) is 11.8 Å². The molecule has 1 fully saturated rings. The Hall–Kier alpha value is -1.72. The first kappa shape index (κ1) is 14.7. The molecule has 2 unspecified atom stereocenters. The van der Waals surface area contributed by atoms with E-state index in [9.17, 15) is 18.0 Å². The lowest BCUT2D eigenvalue weighted by atomic mass is 9.97. The molecule has 0 saturated heterocycles. The fourth-order valence-electron chi connectivity index (χ4n) is 2.65. The minimum absolute atomic E-state index is 0.123. The lowest BCUT2D eigenvalue weighted by Gasteiger charge is -2.16. The van der Waals surface area contributed by atoms with Gasteiger partial charge in [0.2, 0.25) is 5.91 Å². The lowest BCUT2D eigenvalue weighted by Crippen LogP contribution is -2.24. The molecule has 0 bridgehead atoms. The van der Waals surface area contributed by atoms with E-state index in [1.54, 1.807) is 0 Å². The van der Waals surface area contributed by atoms with Crippen molar-refractivity contribution in [1.29, 1.82) is 0 Å². The number of rotatable bonds is 2. The van der Waals surface area contributed by atoms with Gasteiger partial charge in [-0.25, -0.2) is 0 Å². The van der Waals surface area contributed by atoms with Crippen LogP contribution in [0.15, 0.2) is 18.2 Å². The summed E-state index contributed by atoms with van der Waals surface area (Å²) in [6, 6.07) is 3.44. The second kappa shape index (κ2) is 5.34. The Morgan fingerprint density at radius 1 is 1.35 bits per heavy atom. The summed E-state index contributed by atoms with van der Waals surface area (Å²) < 4.78 is 38.2. The Labute approximate surface area is 115 Å². The summed E-state index contributed by atoms with van der Waals surface area (Å²) in [6.45, 7) is 1.99. The van der Waals surface area contributed by atoms with Crippen LogP contribution >= 0.6 is 0 Å². The third kappa shape index (κ3) is 3.05. The molecule has 1 aliphatic carbocycles. The van der Waals surface area contributed by atoms with Crippen molar-refractivity contribution in [2.45, 2.75) is 32.4 Å². The standard InChI is InChI=1S/C14H17F3N2O/c1-8-3-2-4-10(8)13(20)19-9-5-6-12(18)11(7-9)14(15,16)17/h5-8,10H,2-4,18H2,1H3,(H,19,20). The molecule has 3 N–H and O–H groups in total. The summed E-state index contributed by atoms with van der Waals surface area (Å²) >= 11 is 0. The molecule has 1 aromatic carbocycles. The molecular formula is C14H17F3N2O. The number of nitrogen functional groups attached to an aromatic ring is 1. The molecule has 0 aromatic heterocycles. The fourth-order valence-corrected chi connectivity index (χ4v) is 2.65. The van der Waals surface area contributed by atoms with Crippen molar-refractivity contribution in [2.24, 2.45) is 11.8 Å². The minimum atomic E-state index is -4.52. The van der Waals surface area contributed by atoms with Gasteiger partial charge in [0.05, 0.1) is 5.56 Å². The van der Waals surface area contributed by atoms with Gasteiger partial charge >= 0.3 is 6.18 Å². The number of alkyl halides is 3. The number of benzene rings is 1. The van der Waals surface area contributed by atoms with Crippen LogP contribution in [0.2, 0.25) is 0 Å². The van der Waals surface area contributed by atoms with Gasteiger partial charge in [-0.15, -0.1) is 0 Å². The van der Waals surface area contributed by atoms with Gasteiger partial charge in [-0.3, -0.25) is 4.79 Å². The van der Waals surface area contributed by atoms with E-state index in [-0.39, 0.29) is 29.1 Å². The lowest BCUT2D eigenvalue weighted by molar-refractivity contribution is -0.137. The van der Waals surface area contributed by atoms with E-state index in [1.807, 2.05) is 6.92 Å². The van der Waals surface area contributed by atoms with Gasteiger partial charge in [-0.05, 0) is 37.0 Å². The van der Waals surface area contributed by atoms with Gasteiger partial charge in [0.1, 0.15) is 0 Å². The van der Waals surface area contributed by atoms with E-state index in [2.05, 4.69) is 5.32 Å². The van der Waals surface area contributed by atoms with Crippen molar-refractivity contribution in [2.75, 3.05) is 11.1 Å². The van der Waals surface area contributed by atoms with Crippen LogP contribution in [0.1, 0.15) is 31.7 Å². The summed E-state index contributed by atoms with van der Waals surface area (Å²) in [5.74, 6) is -0.0688. The quantitative estimate of drug-likeness (QED) is 0.815. The summed E-state index contributed by atoms with van der Waals surface area (Å²) in [5.41, 5.74) is 4.19. The molecule has 110 valence electrons. The second-order valence-electron chi connectivity index (χ2n) is 5.30. The van der Waals surface area contributed by atoms with E-state index < -0.39 is 11.7 Å². The molecule has 1 amide bonds. The molecule has 0 heterocycles. The zero-order chi connectivity index (χ0) is 14.9. The highest BCUT2D eigenvalue weighted by Crippen LogP contribution is 2.36. The molecular weight excluding hydrogens is 269 g/mol. The van der Waals surface area contributed by atoms with Crippen LogP contribution in [0.5, 0.6) is 0 Å². The predicted octanol–water partition coefficient (Wildman–Crippen LogP) is 3.66. The van der Waals surface area contributed by atoms with Crippen LogP contribution in [0.4, 0.5) is 24.5 Å². The number of nitrogens with two attached hydrogens (primary N) is 1. The largest absolute Gasteiger partial charge is 0.418 e. The molecule has 6 heteroatoms. The van der Waals surface area contributed by atoms with E-state index in [0.717, 1.165) is 31.4 Å². The number of carbonyl (C=O) groups is 1. The molecule has 0 spiro atoms. The summed E-state index contributed by atoms with van der Waals surface area (Å²) in [6.07, 6.45) is -1.78. The third-order valence-electron chi connectivity index (χ3n) is 3.82. The Kier molecular flexibility index (Phi) is 3.92. The maximum atomic E-state index is 12.7. The maximum absolute atomic E-state index is 12.7. The normalized spacial score (nSPS) is 22.8. The highest BCUT2D eigenvalue weighted by atomic mass is 19.4. The van der Waals surface area contributed by atoms with Crippen LogP contribution in [0.3, 0.4) is 0 Å². The molecule has 2 atom stereocenters. The van der Waals surface area contributed by atoms with Crippen LogP contribution in [0.25, 0.3) is 0 Å². The number of halogens is 3. The molecule has 2 rings (SSSR count). The molecule has 20 heavy (non-hydrogen) atoms. The van der Waals surface area contributed by atoms with E-state index >= 15 is 0 Å². The molecule has 1 aromatic rings. The summed E-state index contributed by atoms with van der Waals surface area (Å²) in [7, 11) is 0. The second-order valence-corrected chi connectivity index (χ2v) is 5.30. The number of hydrogen-bond donors (Lipinski definition) is 2. The van der Waals surface area contributed by atoms with Crippen LogP contribution in [-0.4, -0.2) is 5.91 Å². The smallest absolute Gasteiger partial charge is 0.398 e. The Bertz CT molecular complexity index is 514. The van der Waals surface area contributed by atoms with Gasteiger partial charge in [0.25, 0.3) is 0 Å². The predicted molar refractivity (Wildman–Crippen MR) is 71.0 cm³/mol. The molecule has 1 aliphatic rings. The van der Waals surface area contributed by atoms with Gasteiger partial charge in [0.15, 0.2) is 0 Å². The Morgan fingerprint density at radius 2 is 2.05 bits per heavy atom.